The predicted octanol–water partition coefficient (Wildman–Crippen LogP) is 2.05. The van der Waals surface area contributed by atoms with Crippen molar-refractivity contribution < 1.29 is 24.2 Å². The van der Waals surface area contributed by atoms with Crippen molar-refractivity contribution in [1.29, 1.82) is 0 Å². The molecule has 0 saturated carbocycles. The van der Waals surface area contributed by atoms with Crippen molar-refractivity contribution in [3.8, 4) is 17.2 Å². The van der Waals surface area contributed by atoms with Gasteiger partial charge in [0.15, 0.2) is 11.4 Å². The molecule has 0 bridgehead atoms. The van der Waals surface area contributed by atoms with E-state index >= 15 is 0 Å². The van der Waals surface area contributed by atoms with Gasteiger partial charge in [0.2, 0.25) is 11.8 Å². The molecule has 10 heteroatoms. The highest BCUT2D eigenvalue weighted by molar-refractivity contribution is 5.96. The van der Waals surface area contributed by atoms with Gasteiger partial charge in [0, 0.05) is 19.0 Å². The summed E-state index contributed by atoms with van der Waals surface area (Å²) in [5.74, 6) is -1.01. The number of piperidine rings is 1. The van der Waals surface area contributed by atoms with E-state index in [1.807, 2.05) is 48.5 Å². The van der Waals surface area contributed by atoms with Crippen LogP contribution in [-0.2, 0) is 9.59 Å². The van der Waals surface area contributed by atoms with Crippen LogP contribution in [0.5, 0.6) is 11.5 Å². The molecule has 3 N–H and O–H groups in total. The number of ether oxygens (including phenoxy) is 1. The van der Waals surface area contributed by atoms with Crippen LogP contribution in [0.2, 0.25) is 0 Å². The Kier molecular flexibility index (Phi) is 7.61. The zero-order valence-electron chi connectivity index (χ0n) is 19.1. The molecule has 1 saturated heterocycles. The monoisotopic (exact) mass is 477 g/mol. The number of nitrogens with one attached hydrogen (secondary N) is 2. The Labute approximate surface area is 202 Å². The summed E-state index contributed by atoms with van der Waals surface area (Å²) in [5, 5.41) is 14.2. The molecule has 0 atom stereocenters. The first-order valence-electron chi connectivity index (χ1n) is 11.4. The largest absolute Gasteiger partial charge is 0.504 e. The van der Waals surface area contributed by atoms with Crippen LogP contribution in [-0.4, -0.2) is 57.2 Å². The fourth-order valence-electron chi connectivity index (χ4n) is 3.84. The number of rotatable bonds is 7. The summed E-state index contributed by atoms with van der Waals surface area (Å²) in [4.78, 5) is 39.1. The maximum absolute atomic E-state index is 12.5. The van der Waals surface area contributed by atoms with Crippen LogP contribution < -0.4 is 15.6 Å². The van der Waals surface area contributed by atoms with Gasteiger partial charge in [0.05, 0.1) is 24.9 Å². The van der Waals surface area contributed by atoms with E-state index in [0.717, 1.165) is 5.75 Å². The van der Waals surface area contributed by atoms with Crippen molar-refractivity contribution in [2.24, 2.45) is 5.92 Å². The van der Waals surface area contributed by atoms with Crippen LogP contribution in [0.15, 0.2) is 66.9 Å². The maximum Gasteiger partial charge on any atom is 0.294 e. The molecular weight excluding hydrogens is 450 g/mol. The highest BCUT2D eigenvalue weighted by atomic mass is 16.5. The Bertz CT molecular complexity index is 1160. The summed E-state index contributed by atoms with van der Waals surface area (Å²) < 4.78 is 6.96. The van der Waals surface area contributed by atoms with Gasteiger partial charge in [-0.3, -0.25) is 25.2 Å². The van der Waals surface area contributed by atoms with Crippen molar-refractivity contribution in [3.63, 3.8) is 0 Å². The van der Waals surface area contributed by atoms with Gasteiger partial charge in [-0.05, 0) is 37.1 Å². The van der Waals surface area contributed by atoms with Gasteiger partial charge in [-0.1, -0.05) is 36.4 Å². The molecular formula is C25H27N5O5. The first kappa shape index (κ1) is 23.8. The van der Waals surface area contributed by atoms with Crippen molar-refractivity contribution in [2.45, 2.75) is 19.3 Å². The summed E-state index contributed by atoms with van der Waals surface area (Å²) >= 11 is 0. The van der Waals surface area contributed by atoms with Gasteiger partial charge in [0.1, 0.15) is 5.75 Å². The first-order chi connectivity index (χ1) is 17.0. The average molecular weight is 478 g/mol. The number of para-hydroxylation sites is 2. The van der Waals surface area contributed by atoms with Gasteiger partial charge < -0.3 is 14.7 Å². The molecule has 2 aromatic carbocycles. The van der Waals surface area contributed by atoms with Crippen LogP contribution in [0.3, 0.4) is 0 Å². The first-order valence-corrected chi connectivity index (χ1v) is 11.4. The molecule has 0 radical (unpaired) electrons. The number of nitrogens with zero attached hydrogens (tertiary/aromatic N) is 3. The highest BCUT2D eigenvalue weighted by Crippen LogP contribution is 2.19. The minimum atomic E-state index is -0.725. The van der Waals surface area contributed by atoms with Gasteiger partial charge >= 0.3 is 0 Å². The fourth-order valence-corrected chi connectivity index (χ4v) is 3.84. The van der Waals surface area contributed by atoms with Crippen LogP contribution in [0.4, 0.5) is 0 Å². The lowest BCUT2D eigenvalue weighted by molar-refractivity contribution is -0.136. The minimum Gasteiger partial charge on any atom is -0.504 e. The molecule has 2 heterocycles. The summed E-state index contributed by atoms with van der Waals surface area (Å²) in [6, 6.07) is 18.3. The van der Waals surface area contributed by atoms with Crippen LogP contribution in [0, 0.1) is 5.92 Å². The lowest BCUT2D eigenvalue weighted by Gasteiger charge is -2.31. The zero-order chi connectivity index (χ0) is 24.6. The summed E-state index contributed by atoms with van der Waals surface area (Å²) in [6.07, 6.45) is 2.56. The van der Waals surface area contributed by atoms with E-state index in [1.165, 1.54) is 10.9 Å². The molecule has 1 aliphatic rings. The van der Waals surface area contributed by atoms with Crippen LogP contribution in [0.1, 0.15) is 29.8 Å². The summed E-state index contributed by atoms with van der Waals surface area (Å²) in [6.45, 7) is 1.21. The van der Waals surface area contributed by atoms with Crippen molar-refractivity contribution in [1.82, 2.24) is 25.5 Å². The highest BCUT2D eigenvalue weighted by Gasteiger charge is 2.28. The van der Waals surface area contributed by atoms with Crippen LogP contribution in [0.25, 0.3) is 5.69 Å². The minimum absolute atomic E-state index is 0.0161. The van der Waals surface area contributed by atoms with Gasteiger partial charge in [0.25, 0.3) is 5.91 Å². The van der Waals surface area contributed by atoms with Crippen molar-refractivity contribution >= 4 is 17.7 Å². The van der Waals surface area contributed by atoms with Gasteiger partial charge in [-0.2, -0.15) is 5.10 Å². The average Bonchev–Trinajstić information content (AvgIpc) is 3.30. The molecule has 4 rings (SSSR count). The molecule has 3 aromatic rings. The van der Waals surface area contributed by atoms with E-state index < -0.39 is 5.91 Å². The molecule has 0 unspecified atom stereocenters. The quantitative estimate of drug-likeness (QED) is 0.447. The molecule has 0 aliphatic carbocycles. The number of benzene rings is 2. The lowest BCUT2D eigenvalue weighted by Crippen LogP contribution is -2.48. The van der Waals surface area contributed by atoms with Crippen molar-refractivity contribution in [3.05, 3.63) is 72.6 Å². The summed E-state index contributed by atoms with van der Waals surface area (Å²) in [5.41, 5.74) is 5.19. The third-order valence-electron chi connectivity index (χ3n) is 5.78. The molecule has 3 amide bonds. The maximum atomic E-state index is 12.5. The number of hydrazine groups is 1. The Balaban J connectivity index is 1.20. The van der Waals surface area contributed by atoms with Crippen LogP contribution >= 0.6 is 0 Å². The number of amides is 3. The van der Waals surface area contributed by atoms with E-state index in [4.69, 9.17) is 4.74 Å². The van der Waals surface area contributed by atoms with E-state index in [9.17, 15) is 19.5 Å². The van der Waals surface area contributed by atoms with E-state index in [1.54, 1.807) is 17.0 Å². The van der Waals surface area contributed by atoms with E-state index in [-0.39, 0.29) is 35.6 Å². The molecule has 1 aliphatic heterocycles. The third-order valence-corrected chi connectivity index (χ3v) is 5.78. The fraction of sp³-hybridized carbons (Fsp3) is 0.280. The SMILES string of the molecule is O=C(NNC(=O)C1CCN(C(=O)CCOc2ccccc2)CC1)c1nn(-c2ccccc2)cc1O. The van der Waals surface area contributed by atoms with Gasteiger partial charge in [-0.25, -0.2) is 4.68 Å². The van der Waals surface area contributed by atoms with Gasteiger partial charge in [-0.15, -0.1) is 0 Å². The normalized spacial score (nSPS) is 13.8. The zero-order valence-corrected chi connectivity index (χ0v) is 19.1. The van der Waals surface area contributed by atoms with E-state index in [0.29, 0.717) is 38.2 Å². The molecule has 1 aromatic heterocycles. The topological polar surface area (TPSA) is 126 Å². The number of likely N-dealkylation sites (tertiary alicyclic amines) is 1. The molecule has 35 heavy (non-hydrogen) atoms. The number of carbonyl (C=O) groups is 3. The Morgan fingerprint density at radius 2 is 1.63 bits per heavy atom. The second-order valence-corrected chi connectivity index (χ2v) is 8.15. The standard InChI is InChI=1S/C25H27N5O5/c31-21-17-30(19-7-3-1-4-8-19)28-23(21)25(34)27-26-24(33)18-11-14-29(15-12-18)22(32)13-16-35-20-9-5-2-6-10-20/h1-10,17-18,31H,11-16H2,(H,26,33)(H,27,34). The molecule has 182 valence electrons. The van der Waals surface area contributed by atoms with E-state index in [2.05, 4.69) is 16.0 Å². The molecule has 0 spiro atoms. The lowest BCUT2D eigenvalue weighted by atomic mass is 9.96. The number of hydrogen-bond donors (Lipinski definition) is 3. The Hall–Kier alpha value is -4.34. The third kappa shape index (κ3) is 6.17. The Morgan fingerprint density at radius 3 is 2.31 bits per heavy atom. The number of hydrogen-bond acceptors (Lipinski definition) is 6. The molecule has 1 fully saturated rings. The smallest absolute Gasteiger partial charge is 0.294 e. The summed E-state index contributed by atoms with van der Waals surface area (Å²) in [7, 11) is 0. The second kappa shape index (κ2) is 11.2. The number of carbonyl (C=O) groups excluding carboxylic acids is 3. The molecule has 10 nitrogen and oxygen atoms in total. The van der Waals surface area contributed by atoms with Crippen molar-refractivity contribution in [2.75, 3.05) is 19.7 Å². The second-order valence-electron chi connectivity index (χ2n) is 8.15. The number of aromatic nitrogens is 2. The Morgan fingerprint density at radius 1 is 0.971 bits per heavy atom. The number of aromatic hydroxyl groups is 1. The predicted molar refractivity (Wildman–Crippen MR) is 127 cm³/mol.